The number of carbonyl (C=O) groups excluding carboxylic acids is 1. The molecule has 0 atom stereocenters. The second-order valence-corrected chi connectivity index (χ2v) is 6.53. The number of hydrogen-bond acceptors (Lipinski definition) is 6. The van der Waals surface area contributed by atoms with Gasteiger partial charge in [0.2, 0.25) is 0 Å². The van der Waals surface area contributed by atoms with Crippen LogP contribution < -0.4 is 4.74 Å². The summed E-state index contributed by atoms with van der Waals surface area (Å²) in [4.78, 5) is 38.0. The lowest BCUT2D eigenvalue weighted by atomic mass is 9.94. The molecule has 1 fully saturated rings. The second kappa shape index (κ2) is 11.1. The van der Waals surface area contributed by atoms with E-state index in [0.717, 1.165) is 5.69 Å². The SMILES string of the molecule is CN(C)C(=O)Oc1cccnc1CN(C)C1CCCCC1.O=C(O)C(=O)O. The van der Waals surface area contributed by atoms with Gasteiger partial charge in [-0.1, -0.05) is 19.3 Å². The Morgan fingerprint density at radius 3 is 2.22 bits per heavy atom. The van der Waals surface area contributed by atoms with Crippen LogP contribution in [0.5, 0.6) is 5.75 Å². The average Bonchev–Trinajstić information content (AvgIpc) is 2.64. The van der Waals surface area contributed by atoms with Crippen molar-refractivity contribution in [1.82, 2.24) is 14.8 Å². The fraction of sp³-hybridized carbons (Fsp3) is 0.556. The van der Waals surface area contributed by atoms with E-state index in [1.165, 1.54) is 37.0 Å². The van der Waals surface area contributed by atoms with Gasteiger partial charge in [0.05, 0.1) is 5.69 Å². The van der Waals surface area contributed by atoms with Crippen molar-refractivity contribution in [3.8, 4) is 5.75 Å². The summed E-state index contributed by atoms with van der Waals surface area (Å²) in [6.07, 6.45) is 7.83. The van der Waals surface area contributed by atoms with Gasteiger partial charge in [0.1, 0.15) is 0 Å². The van der Waals surface area contributed by atoms with E-state index in [1.807, 2.05) is 0 Å². The highest BCUT2D eigenvalue weighted by Gasteiger charge is 2.20. The maximum Gasteiger partial charge on any atom is 0.414 e. The highest BCUT2D eigenvalue weighted by atomic mass is 16.6. The summed E-state index contributed by atoms with van der Waals surface area (Å²) in [5, 5.41) is 14.8. The number of nitrogens with zero attached hydrogens (tertiary/aromatic N) is 3. The third kappa shape index (κ3) is 8.04. The number of hydrogen-bond donors (Lipinski definition) is 2. The highest BCUT2D eigenvalue weighted by molar-refractivity contribution is 6.27. The molecule has 2 rings (SSSR count). The Balaban J connectivity index is 0.000000527. The minimum Gasteiger partial charge on any atom is -0.473 e. The first-order chi connectivity index (χ1) is 12.7. The molecule has 1 heterocycles. The number of aromatic nitrogens is 1. The summed E-state index contributed by atoms with van der Waals surface area (Å²) in [6, 6.07) is 4.21. The molecule has 9 nitrogen and oxygen atoms in total. The first-order valence-corrected chi connectivity index (χ1v) is 8.71. The molecule has 0 aromatic carbocycles. The van der Waals surface area contributed by atoms with Crippen LogP contribution in [0, 0.1) is 0 Å². The van der Waals surface area contributed by atoms with Crippen molar-refractivity contribution in [2.45, 2.75) is 44.7 Å². The van der Waals surface area contributed by atoms with Crippen molar-refractivity contribution < 1.29 is 29.3 Å². The maximum absolute atomic E-state index is 11.7. The molecule has 0 aliphatic heterocycles. The lowest BCUT2D eigenvalue weighted by Crippen LogP contribution is -2.33. The Hall–Kier alpha value is -2.68. The zero-order valence-electron chi connectivity index (χ0n) is 15.9. The van der Waals surface area contributed by atoms with Gasteiger partial charge in [-0.2, -0.15) is 0 Å². The standard InChI is InChI=1S/C16H25N3O2.C2H2O4/c1-18(2)16(20)21-15-10-7-11-17-14(15)12-19(3)13-8-5-4-6-9-13;3-1(4)2(5)6/h7,10-11,13H,4-6,8-9,12H2,1-3H3;(H,3,4)(H,5,6). The Bertz CT molecular complexity index is 632. The molecule has 1 aromatic rings. The van der Waals surface area contributed by atoms with Gasteiger partial charge in [-0.3, -0.25) is 9.88 Å². The number of aliphatic carboxylic acids is 2. The number of ether oxygens (including phenoxy) is 1. The molecule has 1 aliphatic carbocycles. The predicted octanol–water partition coefficient (Wildman–Crippen LogP) is 2.06. The van der Waals surface area contributed by atoms with E-state index in [4.69, 9.17) is 24.5 Å². The van der Waals surface area contributed by atoms with Crippen LogP contribution >= 0.6 is 0 Å². The normalized spacial score (nSPS) is 14.1. The monoisotopic (exact) mass is 381 g/mol. The van der Waals surface area contributed by atoms with Gasteiger partial charge < -0.3 is 19.8 Å². The molecule has 1 aliphatic rings. The number of carboxylic acid groups (broad SMARTS) is 2. The van der Waals surface area contributed by atoms with Crippen molar-refractivity contribution >= 4 is 18.0 Å². The summed E-state index contributed by atoms with van der Waals surface area (Å²) >= 11 is 0. The fourth-order valence-corrected chi connectivity index (χ4v) is 2.71. The smallest absolute Gasteiger partial charge is 0.414 e. The zero-order chi connectivity index (χ0) is 20.4. The molecule has 0 saturated heterocycles. The van der Waals surface area contributed by atoms with Crippen molar-refractivity contribution in [1.29, 1.82) is 0 Å². The van der Waals surface area contributed by atoms with Gasteiger partial charge in [0.25, 0.3) is 0 Å². The van der Waals surface area contributed by atoms with Crippen LogP contribution in [0.25, 0.3) is 0 Å². The van der Waals surface area contributed by atoms with Gasteiger partial charge >= 0.3 is 18.0 Å². The minimum absolute atomic E-state index is 0.371. The predicted molar refractivity (Wildman–Crippen MR) is 97.6 cm³/mol. The quantitative estimate of drug-likeness (QED) is 0.761. The largest absolute Gasteiger partial charge is 0.473 e. The minimum atomic E-state index is -1.82. The fourth-order valence-electron chi connectivity index (χ4n) is 2.71. The van der Waals surface area contributed by atoms with E-state index < -0.39 is 11.9 Å². The van der Waals surface area contributed by atoms with Crippen LogP contribution in [0.3, 0.4) is 0 Å². The van der Waals surface area contributed by atoms with E-state index in [9.17, 15) is 4.79 Å². The van der Waals surface area contributed by atoms with Crippen LogP contribution in [-0.2, 0) is 16.1 Å². The van der Waals surface area contributed by atoms with Crippen LogP contribution in [0.2, 0.25) is 0 Å². The van der Waals surface area contributed by atoms with E-state index in [1.54, 1.807) is 32.4 Å². The molecule has 1 amide bonds. The summed E-state index contributed by atoms with van der Waals surface area (Å²) in [5.74, 6) is -3.09. The Kier molecular flexibility index (Phi) is 9.21. The number of amides is 1. The van der Waals surface area contributed by atoms with Crippen molar-refractivity contribution in [2.75, 3.05) is 21.1 Å². The molecule has 2 N–H and O–H groups in total. The molecule has 1 saturated carbocycles. The number of rotatable bonds is 4. The first kappa shape index (κ1) is 22.4. The third-order valence-corrected chi connectivity index (χ3v) is 4.19. The van der Waals surface area contributed by atoms with Crippen LogP contribution in [0.1, 0.15) is 37.8 Å². The lowest BCUT2D eigenvalue weighted by Gasteiger charge is -2.31. The highest BCUT2D eigenvalue weighted by Crippen LogP contribution is 2.24. The molecule has 1 aromatic heterocycles. The molecule has 0 spiro atoms. The van der Waals surface area contributed by atoms with E-state index in [2.05, 4.69) is 16.9 Å². The van der Waals surface area contributed by atoms with Gasteiger partial charge in [-0.25, -0.2) is 14.4 Å². The van der Waals surface area contributed by atoms with Crippen molar-refractivity contribution in [3.63, 3.8) is 0 Å². The van der Waals surface area contributed by atoms with Gasteiger partial charge in [0, 0.05) is 32.9 Å². The summed E-state index contributed by atoms with van der Waals surface area (Å²) in [6.45, 7) is 0.710. The molecule has 150 valence electrons. The van der Waals surface area contributed by atoms with E-state index in [-0.39, 0.29) is 6.09 Å². The van der Waals surface area contributed by atoms with Gasteiger partial charge in [-0.15, -0.1) is 0 Å². The van der Waals surface area contributed by atoms with Gasteiger partial charge in [0.15, 0.2) is 5.75 Å². The van der Waals surface area contributed by atoms with Crippen LogP contribution in [0.15, 0.2) is 18.3 Å². The summed E-state index contributed by atoms with van der Waals surface area (Å²) in [7, 11) is 5.47. The number of carboxylic acids is 2. The topological polar surface area (TPSA) is 120 Å². The molecule has 0 bridgehead atoms. The molecule has 0 radical (unpaired) electrons. The van der Waals surface area contributed by atoms with Crippen LogP contribution in [-0.4, -0.2) is 70.2 Å². The Morgan fingerprint density at radius 1 is 1.11 bits per heavy atom. The van der Waals surface area contributed by atoms with E-state index >= 15 is 0 Å². The Labute approximate surface area is 158 Å². The molecule has 27 heavy (non-hydrogen) atoms. The van der Waals surface area contributed by atoms with E-state index in [0.29, 0.717) is 18.3 Å². The lowest BCUT2D eigenvalue weighted by molar-refractivity contribution is -0.159. The average molecular weight is 381 g/mol. The summed E-state index contributed by atoms with van der Waals surface area (Å²) < 4.78 is 5.39. The molecular weight excluding hydrogens is 354 g/mol. The zero-order valence-corrected chi connectivity index (χ0v) is 15.9. The molecule has 0 unspecified atom stereocenters. The molecule has 9 heteroatoms. The second-order valence-electron chi connectivity index (χ2n) is 6.53. The first-order valence-electron chi connectivity index (χ1n) is 8.71. The van der Waals surface area contributed by atoms with Crippen LogP contribution in [0.4, 0.5) is 4.79 Å². The number of pyridine rings is 1. The Morgan fingerprint density at radius 2 is 1.70 bits per heavy atom. The van der Waals surface area contributed by atoms with Crippen molar-refractivity contribution in [3.05, 3.63) is 24.0 Å². The van der Waals surface area contributed by atoms with Gasteiger partial charge in [-0.05, 0) is 32.0 Å². The molecular formula is C18H27N3O6. The van der Waals surface area contributed by atoms with Crippen molar-refractivity contribution in [2.24, 2.45) is 0 Å². The third-order valence-electron chi connectivity index (χ3n) is 4.19. The maximum atomic E-state index is 11.7. The summed E-state index contributed by atoms with van der Waals surface area (Å²) in [5.41, 5.74) is 0.820. The number of carbonyl (C=O) groups is 3.